The van der Waals surface area contributed by atoms with Crippen LogP contribution in [0, 0.1) is 0 Å². The Bertz CT molecular complexity index is 543. The van der Waals surface area contributed by atoms with Crippen molar-refractivity contribution in [1.29, 1.82) is 0 Å². The van der Waals surface area contributed by atoms with Crippen molar-refractivity contribution < 1.29 is 4.79 Å². The highest BCUT2D eigenvalue weighted by Gasteiger charge is 2.23. The molecule has 1 aromatic heterocycles. The predicted octanol–water partition coefficient (Wildman–Crippen LogP) is 2.38. The van der Waals surface area contributed by atoms with Gasteiger partial charge in [-0.2, -0.15) is 0 Å². The number of aryl methyl sites for hydroxylation is 1. The summed E-state index contributed by atoms with van der Waals surface area (Å²) in [4.78, 5) is 14.5. The molecule has 1 heterocycles. The maximum atomic E-state index is 12.5. The Labute approximate surface area is 114 Å². The maximum absolute atomic E-state index is 12.5. The molecule has 0 amide bonds. The largest absolute Gasteiger partial charge is 0.357 e. The SMILES string of the molecule is CN(C)[C@@H](Cc1ccccc1)C(=O)c1ccn(C)c1. The van der Waals surface area contributed by atoms with Crippen LogP contribution < -0.4 is 0 Å². The van der Waals surface area contributed by atoms with E-state index in [0.29, 0.717) is 0 Å². The van der Waals surface area contributed by atoms with Gasteiger partial charge in [-0.1, -0.05) is 30.3 Å². The van der Waals surface area contributed by atoms with E-state index in [-0.39, 0.29) is 11.8 Å². The number of hydrogen-bond donors (Lipinski definition) is 0. The van der Waals surface area contributed by atoms with Crippen molar-refractivity contribution in [2.24, 2.45) is 7.05 Å². The lowest BCUT2D eigenvalue weighted by Crippen LogP contribution is -2.37. The highest BCUT2D eigenvalue weighted by molar-refractivity contribution is 6.00. The van der Waals surface area contributed by atoms with Crippen molar-refractivity contribution >= 4 is 5.78 Å². The molecule has 3 heteroatoms. The summed E-state index contributed by atoms with van der Waals surface area (Å²) in [6, 6.07) is 11.9. The molecule has 1 atom stereocenters. The van der Waals surface area contributed by atoms with E-state index in [1.165, 1.54) is 5.56 Å². The van der Waals surface area contributed by atoms with E-state index in [1.54, 1.807) is 0 Å². The Balaban J connectivity index is 2.19. The third-order valence-electron chi connectivity index (χ3n) is 3.31. The summed E-state index contributed by atoms with van der Waals surface area (Å²) in [6.07, 6.45) is 4.52. The van der Waals surface area contributed by atoms with Gasteiger partial charge in [0, 0.05) is 25.0 Å². The normalized spacial score (nSPS) is 12.6. The molecule has 0 radical (unpaired) electrons. The summed E-state index contributed by atoms with van der Waals surface area (Å²) in [5.41, 5.74) is 1.96. The molecular weight excluding hydrogens is 236 g/mol. The Kier molecular flexibility index (Phi) is 4.17. The van der Waals surface area contributed by atoms with Gasteiger partial charge in [-0.25, -0.2) is 0 Å². The fraction of sp³-hybridized carbons (Fsp3) is 0.312. The fourth-order valence-electron chi connectivity index (χ4n) is 2.19. The van der Waals surface area contributed by atoms with Gasteiger partial charge in [-0.3, -0.25) is 9.69 Å². The number of aromatic nitrogens is 1. The van der Waals surface area contributed by atoms with Crippen LogP contribution in [0.4, 0.5) is 0 Å². The van der Waals surface area contributed by atoms with E-state index in [1.807, 2.05) is 67.3 Å². The lowest BCUT2D eigenvalue weighted by Gasteiger charge is -2.22. The third-order valence-corrected chi connectivity index (χ3v) is 3.31. The van der Waals surface area contributed by atoms with Crippen LogP contribution in [0.1, 0.15) is 15.9 Å². The van der Waals surface area contributed by atoms with Gasteiger partial charge >= 0.3 is 0 Å². The summed E-state index contributed by atoms with van der Waals surface area (Å²) in [7, 11) is 5.83. The lowest BCUT2D eigenvalue weighted by molar-refractivity contribution is 0.0875. The lowest BCUT2D eigenvalue weighted by atomic mass is 9.98. The molecule has 0 fully saturated rings. The number of hydrogen-bond acceptors (Lipinski definition) is 2. The Morgan fingerprint density at radius 2 is 1.89 bits per heavy atom. The fourth-order valence-corrected chi connectivity index (χ4v) is 2.19. The second-order valence-electron chi connectivity index (χ2n) is 5.10. The molecule has 0 bridgehead atoms. The number of Topliss-reactive ketones (excluding diaryl/α,β-unsaturated/α-hetero) is 1. The number of likely N-dealkylation sites (N-methyl/N-ethyl adjacent to an activating group) is 1. The van der Waals surface area contributed by atoms with Crippen LogP contribution in [0.15, 0.2) is 48.8 Å². The zero-order valence-corrected chi connectivity index (χ0v) is 11.7. The number of carbonyl (C=O) groups is 1. The van der Waals surface area contributed by atoms with E-state index < -0.39 is 0 Å². The maximum Gasteiger partial charge on any atom is 0.181 e. The van der Waals surface area contributed by atoms with Crippen molar-refractivity contribution in [3.8, 4) is 0 Å². The molecule has 19 heavy (non-hydrogen) atoms. The first-order valence-electron chi connectivity index (χ1n) is 6.44. The number of ketones is 1. The minimum atomic E-state index is -0.121. The van der Waals surface area contributed by atoms with Crippen molar-refractivity contribution in [3.63, 3.8) is 0 Å². The zero-order chi connectivity index (χ0) is 13.8. The molecule has 3 nitrogen and oxygen atoms in total. The average Bonchev–Trinajstić information content (AvgIpc) is 2.83. The van der Waals surface area contributed by atoms with Crippen molar-refractivity contribution in [2.75, 3.05) is 14.1 Å². The van der Waals surface area contributed by atoms with Crippen LogP contribution in [0.5, 0.6) is 0 Å². The van der Waals surface area contributed by atoms with Crippen molar-refractivity contribution in [1.82, 2.24) is 9.47 Å². The van der Waals surface area contributed by atoms with Gasteiger partial charge in [0.25, 0.3) is 0 Å². The highest BCUT2D eigenvalue weighted by Crippen LogP contribution is 2.13. The second kappa shape index (κ2) is 5.85. The van der Waals surface area contributed by atoms with E-state index >= 15 is 0 Å². The molecule has 0 aliphatic carbocycles. The second-order valence-corrected chi connectivity index (χ2v) is 5.10. The first-order chi connectivity index (χ1) is 9.08. The molecule has 0 spiro atoms. The number of rotatable bonds is 5. The van der Waals surface area contributed by atoms with Gasteiger partial charge < -0.3 is 4.57 Å². The van der Waals surface area contributed by atoms with Crippen LogP contribution in [0.25, 0.3) is 0 Å². The molecule has 2 aromatic rings. The summed E-state index contributed by atoms with van der Waals surface area (Å²) >= 11 is 0. The van der Waals surface area contributed by atoms with Crippen LogP contribution in [-0.2, 0) is 13.5 Å². The van der Waals surface area contributed by atoms with Crippen LogP contribution in [0.3, 0.4) is 0 Å². The predicted molar refractivity (Wildman–Crippen MR) is 77.4 cm³/mol. The summed E-state index contributed by atoms with van der Waals surface area (Å²) in [5.74, 6) is 0.175. The zero-order valence-electron chi connectivity index (χ0n) is 11.7. The summed E-state index contributed by atoms with van der Waals surface area (Å²) in [6.45, 7) is 0. The molecule has 1 aromatic carbocycles. The van der Waals surface area contributed by atoms with Gasteiger partial charge in [0.05, 0.1) is 6.04 Å². The molecular formula is C16H20N2O. The molecule has 0 unspecified atom stereocenters. The molecule has 100 valence electrons. The van der Waals surface area contributed by atoms with E-state index in [4.69, 9.17) is 0 Å². The third kappa shape index (κ3) is 3.32. The van der Waals surface area contributed by atoms with Gasteiger partial charge in [0.1, 0.15) is 0 Å². The quantitative estimate of drug-likeness (QED) is 0.767. The van der Waals surface area contributed by atoms with E-state index in [2.05, 4.69) is 12.1 Å². The minimum Gasteiger partial charge on any atom is -0.357 e. The first kappa shape index (κ1) is 13.6. The Morgan fingerprint density at radius 3 is 2.42 bits per heavy atom. The van der Waals surface area contributed by atoms with Gasteiger partial charge in [-0.15, -0.1) is 0 Å². The molecule has 0 N–H and O–H groups in total. The molecule has 0 aliphatic rings. The van der Waals surface area contributed by atoms with Crippen molar-refractivity contribution in [3.05, 3.63) is 59.9 Å². The average molecular weight is 256 g/mol. The number of carbonyl (C=O) groups excluding carboxylic acids is 1. The van der Waals surface area contributed by atoms with Crippen molar-refractivity contribution in [2.45, 2.75) is 12.5 Å². The molecule has 2 rings (SSSR count). The van der Waals surface area contributed by atoms with Crippen LogP contribution >= 0.6 is 0 Å². The smallest absolute Gasteiger partial charge is 0.181 e. The first-order valence-corrected chi connectivity index (χ1v) is 6.44. The van der Waals surface area contributed by atoms with Gasteiger partial charge in [-0.05, 0) is 32.1 Å². The molecule has 0 saturated carbocycles. The van der Waals surface area contributed by atoms with Gasteiger partial charge in [0.2, 0.25) is 0 Å². The van der Waals surface area contributed by atoms with Crippen LogP contribution in [0.2, 0.25) is 0 Å². The summed E-state index contributed by atoms with van der Waals surface area (Å²) in [5, 5.41) is 0. The van der Waals surface area contributed by atoms with Crippen LogP contribution in [-0.4, -0.2) is 35.4 Å². The minimum absolute atomic E-state index is 0.121. The molecule has 0 saturated heterocycles. The molecule has 0 aliphatic heterocycles. The Hall–Kier alpha value is -1.87. The number of nitrogens with zero attached hydrogens (tertiary/aromatic N) is 2. The van der Waals surface area contributed by atoms with E-state index in [9.17, 15) is 4.79 Å². The Morgan fingerprint density at radius 1 is 1.21 bits per heavy atom. The topological polar surface area (TPSA) is 25.2 Å². The number of benzene rings is 1. The van der Waals surface area contributed by atoms with E-state index in [0.717, 1.165) is 12.0 Å². The standard InChI is InChI=1S/C16H20N2O/c1-17(2)15(11-13-7-5-4-6-8-13)16(19)14-9-10-18(3)12-14/h4-10,12,15H,11H2,1-3H3/t15-/m0/s1. The van der Waals surface area contributed by atoms with Gasteiger partial charge in [0.15, 0.2) is 5.78 Å². The monoisotopic (exact) mass is 256 g/mol. The summed E-state index contributed by atoms with van der Waals surface area (Å²) < 4.78 is 1.91. The highest BCUT2D eigenvalue weighted by atomic mass is 16.1.